The number of anilines is 1. The van der Waals surface area contributed by atoms with E-state index in [-0.39, 0.29) is 0 Å². The smallest absolute Gasteiger partial charge is 0.102 e. The Morgan fingerprint density at radius 2 is 2.30 bits per heavy atom. The number of benzene rings is 1. The van der Waals surface area contributed by atoms with Gasteiger partial charge in [0, 0.05) is 24.5 Å². The standard InChI is InChI=1S/C16H23N3S/c1-4-19-10-6-7-13(19)12-18(2)15-8-5-9-16(20-3)14(15)11-17/h5,8-9,13H,4,6-7,10,12H2,1-3H3. The van der Waals surface area contributed by atoms with Crippen LogP contribution in [0.2, 0.25) is 0 Å². The zero-order valence-electron chi connectivity index (χ0n) is 12.6. The second-order valence-corrected chi connectivity index (χ2v) is 6.12. The number of hydrogen-bond acceptors (Lipinski definition) is 4. The summed E-state index contributed by atoms with van der Waals surface area (Å²) in [4.78, 5) is 5.85. The molecule has 1 unspecified atom stereocenters. The first-order chi connectivity index (χ1) is 9.71. The second kappa shape index (κ2) is 7.01. The molecule has 0 saturated carbocycles. The number of nitriles is 1. The summed E-state index contributed by atoms with van der Waals surface area (Å²) in [6.07, 6.45) is 4.58. The Balaban J connectivity index is 2.17. The van der Waals surface area contributed by atoms with Gasteiger partial charge in [-0.1, -0.05) is 13.0 Å². The molecule has 2 rings (SSSR count). The Morgan fingerprint density at radius 1 is 1.50 bits per heavy atom. The van der Waals surface area contributed by atoms with Gasteiger partial charge in [0.15, 0.2) is 0 Å². The number of nitrogens with zero attached hydrogens (tertiary/aromatic N) is 3. The largest absolute Gasteiger partial charge is 0.372 e. The second-order valence-electron chi connectivity index (χ2n) is 5.27. The summed E-state index contributed by atoms with van der Waals surface area (Å²) in [5, 5.41) is 9.44. The van der Waals surface area contributed by atoms with E-state index in [1.165, 1.54) is 19.4 Å². The van der Waals surface area contributed by atoms with E-state index in [1.807, 2.05) is 18.4 Å². The third-order valence-corrected chi connectivity index (χ3v) is 4.92. The summed E-state index contributed by atoms with van der Waals surface area (Å²) in [5.41, 5.74) is 1.87. The maximum absolute atomic E-state index is 9.44. The lowest BCUT2D eigenvalue weighted by Crippen LogP contribution is -2.39. The van der Waals surface area contributed by atoms with Crippen molar-refractivity contribution in [3.8, 4) is 6.07 Å². The molecule has 0 bridgehead atoms. The molecule has 4 heteroatoms. The minimum atomic E-state index is 0.620. The van der Waals surface area contributed by atoms with Crippen molar-refractivity contribution in [1.82, 2.24) is 4.90 Å². The van der Waals surface area contributed by atoms with E-state index in [2.05, 4.69) is 35.9 Å². The fraction of sp³-hybridized carbons (Fsp3) is 0.562. The predicted molar refractivity (Wildman–Crippen MR) is 86.5 cm³/mol. The zero-order chi connectivity index (χ0) is 14.5. The molecule has 1 aliphatic heterocycles. The van der Waals surface area contributed by atoms with Crippen LogP contribution in [0.15, 0.2) is 23.1 Å². The first kappa shape index (κ1) is 15.2. The molecule has 1 heterocycles. The zero-order valence-corrected chi connectivity index (χ0v) is 13.4. The average molecular weight is 289 g/mol. The van der Waals surface area contributed by atoms with Gasteiger partial charge in [-0.25, -0.2) is 0 Å². The Bertz CT molecular complexity index is 495. The lowest BCUT2D eigenvalue weighted by molar-refractivity contribution is 0.270. The highest BCUT2D eigenvalue weighted by Gasteiger charge is 2.25. The molecule has 1 fully saturated rings. The van der Waals surface area contributed by atoms with Crippen LogP contribution >= 0.6 is 11.8 Å². The van der Waals surface area contributed by atoms with Crippen LogP contribution in [-0.4, -0.2) is 43.9 Å². The summed E-state index contributed by atoms with van der Waals surface area (Å²) in [7, 11) is 2.10. The molecule has 20 heavy (non-hydrogen) atoms. The van der Waals surface area contributed by atoms with Gasteiger partial charge in [-0.2, -0.15) is 5.26 Å². The molecule has 3 nitrogen and oxygen atoms in total. The Morgan fingerprint density at radius 3 is 2.95 bits per heavy atom. The van der Waals surface area contributed by atoms with Crippen molar-refractivity contribution in [2.24, 2.45) is 0 Å². The molecule has 0 spiro atoms. The van der Waals surface area contributed by atoms with E-state index < -0.39 is 0 Å². The van der Waals surface area contributed by atoms with Crippen molar-refractivity contribution in [2.75, 3.05) is 37.8 Å². The molecule has 1 saturated heterocycles. The van der Waals surface area contributed by atoms with Gasteiger partial charge >= 0.3 is 0 Å². The summed E-state index contributed by atoms with van der Waals surface area (Å²) >= 11 is 1.64. The first-order valence-corrected chi connectivity index (χ1v) is 8.46. The highest BCUT2D eigenvalue weighted by atomic mass is 32.2. The Labute approximate surface area is 126 Å². The maximum Gasteiger partial charge on any atom is 0.102 e. The summed E-state index contributed by atoms with van der Waals surface area (Å²) in [6.45, 7) is 5.56. The molecule has 1 aromatic rings. The minimum Gasteiger partial charge on any atom is -0.372 e. The van der Waals surface area contributed by atoms with Crippen molar-refractivity contribution in [1.29, 1.82) is 5.26 Å². The van der Waals surface area contributed by atoms with Crippen molar-refractivity contribution in [3.63, 3.8) is 0 Å². The number of likely N-dealkylation sites (N-methyl/N-ethyl adjacent to an activating group) is 2. The van der Waals surface area contributed by atoms with Gasteiger partial charge in [-0.3, -0.25) is 4.90 Å². The molecule has 0 N–H and O–H groups in total. The van der Waals surface area contributed by atoms with E-state index in [1.54, 1.807) is 11.8 Å². The van der Waals surface area contributed by atoms with Crippen molar-refractivity contribution < 1.29 is 0 Å². The normalized spacial score (nSPS) is 19.0. The quantitative estimate of drug-likeness (QED) is 0.779. The first-order valence-electron chi connectivity index (χ1n) is 7.23. The molecule has 0 radical (unpaired) electrons. The van der Waals surface area contributed by atoms with E-state index in [9.17, 15) is 5.26 Å². The van der Waals surface area contributed by atoms with Crippen LogP contribution in [-0.2, 0) is 0 Å². The number of rotatable bonds is 5. The molecule has 1 atom stereocenters. The molecule has 1 aromatic carbocycles. The van der Waals surface area contributed by atoms with Gasteiger partial charge in [0.05, 0.1) is 11.3 Å². The fourth-order valence-corrected chi connectivity index (χ4v) is 3.62. The van der Waals surface area contributed by atoms with Crippen LogP contribution < -0.4 is 4.90 Å². The summed E-state index contributed by atoms with van der Waals surface area (Å²) < 4.78 is 0. The van der Waals surface area contributed by atoms with Crippen LogP contribution in [0.5, 0.6) is 0 Å². The van der Waals surface area contributed by atoms with Gasteiger partial charge in [-0.05, 0) is 44.3 Å². The fourth-order valence-electron chi connectivity index (χ4n) is 3.05. The highest BCUT2D eigenvalue weighted by molar-refractivity contribution is 7.98. The van der Waals surface area contributed by atoms with Gasteiger partial charge in [0.1, 0.15) is 6.07 Å². The number of likely N-dealkylation sites (tertiary alicyclic amines) is 1. The van der Waals surface area contributed by atoms with Gasteiger partial charge in [0.2, 0.25) is 0 Å². The number of thioether (sulfide) groups is 1. The topological polar surface area (TPSA) is 30.3 Å². The predicted octanol–water partition coefficient (Wildman–Crippen LogP) is 3.20. The van der Waals surface area contributed by atoms with Crippen molar-refractivity contribution in [2.45, 2.75) is 30.7 Å². The number of hydrogen-bond donors (Lipinski definition) is 0. The molecule has 0 amide bonds. The monoisotopic (exact) mass is 289 g/mol. The van der Waals surface area contributed by atoms with E-state index in [4.69, 9.17) is 0 Å². The van der Waals surface area contributed by atoms with Crippen LogP contribution in [0, 0.1) is 11.3 Å². The average Bonchev–Trinajstić information content (AvgIpc) is 2.93. The Kier molecular flexibility index (Phi) is 5.33. The van der Waals surface area contributed by atoms with E-state index in [0.29, 0.717) is 6.04 Å². The highest BCUT2D eigenvalue weighted by Crippen LogP contribution is 2.29. The third-order valence-electron chi connectivity index (χ3n) is 4.14. The minimum absolute atomic E-state index is 0.620. The molecule has 1 aliphatic rings. The van der Waals surface area contributed by atoms with Crippen LogP contribution in [0.1, 0.15) is 25.3 Å². The lowest BCUT2D eigenvalue weighted by atomic mass is 10.1. The van der Waals surface area contributed by atoms with Gasteiger partial charge in [0.25, 0.3) is 0 Å². The van der Waals surface area contributed by atoms with Crippen molar-refractivity contribution in [3.05, 3.63) is 23.8 Å². The van der Waals surface area contributed by atoms with Gasteiger partial charge in [-0.15, -0.1) is 11.8 Å². The third kappa shape index (κ3) is 3.11. The van der Waals surface area contributed by atoms with Crippen LogP contribution in [0.4, 0.5) is 5.69 Å². The molecular weight excluding hydrogens is 266 g/mol. The van der Waals surface area contributed by atoms with E-state index >= 15 is 0 Å². The molecule has 108 valence electrons. The molecule has 0 aromatic heterocycles. The molecule has 0 aliphatic carbocycles. The van der Waals surface area contributed by atoms with Crippen molar-refractivity contribution >= 4 is 17.4 Å². The Hall–Kier alpha value is -1.18. The van der Waals surface area contributed by atoms with Crippen LogP contribution in [0.3, 0.4) is 0 Å². The summed E-state index contributed by atoms with van der Waals surface area (Å²) in [5.74, 6) is 0. The van der Waals surface area contributed by atoms with Gasteiger partial charge < -0.3 is 4.90 Å². The summed E-state index contributed by atoms with van der Waals surface area (Å²) in [6, 6.07) is 9.12. The lowest BCUT2D eigenvalue weighted by Gasteiger charge is -2.29. The van der Waals surface area contributed by atoms with E-state index in [0.717, 1.165) is 29.2 Å². The van der Waals surface area contributed by atoms with Crippen LogP contribution in [0.25, 0.3) is 0 Å². The molecular formula is C16H23N3S. The maximum atomic E-state index is 9.44. The SMILES string of the molecule is CCN1CCCC1CN(C)c1cccc(SC)c1C#N.